The molecule has 1 amide bonds. The lowest BCUT2D eigenvalue weighted by molar-refractivity contribution is 0.102. The molecule has 0 aliphatic rings. The summed E-state index contributed by atoms with van der Waals surface area (Å²) in [6.07, 6.45) is -0.0380. The largest absolute Gasteiger partial charge is 0.289 e. The van der Waals surface area contributed by atoms with Crippen LogP contribution < -0.4 is 5.32 Å². The van der Waals surface area contributed by atoms with Crippen LogP contribution in [0.2, 0.25) is 0 Å². The summed E-state index contributed by atoms with van der Waals surface area (Å²) in [7, 11) is 0. The number of halogens is 2. The molecule has 0 radical (unpaired) electrons. The molecule has 4 rings (SSSR count). The molecule has 3 aromatic heterocycles. The molecule has 0 unspecified atom stereocenters. The van der Waals surface area contributed by atoms with Crippen LogP contribution in [-0.4, -0.2) is 35.3 Å². The van der Waals surface area contributed by atoms with Crippen LogP contribution in [0.25, 0.3) is 5.65 Å². The molecular formula is C19H17F2N7O. The van der Waals surface area contributed by atoms with Gasteiger partial charge in [0.15, 0.2) is 5.65 Å². The number of fused-ring (bicyclic) bond motifs is 1. The summed E-state index contributed by atoms with van der Waals surface area (Å²) in [5.74, 6) is -0.477. The van der Waals surface area contributed by atoms with Gasteiger partial charge in [0.2, 0.25) is 5.95 Å². The molecule has 0 atom stereocenters. The van der Waals surface area contributed by atoms with E-state index in [1.165, 1.54) is 18.6 Å². The van der Waals surface area contributed by atoms with Crippen molar-refractivity contribution in [2.75, 3.05) is 5.32 Å². The van der Waals surface area contributed by atoms with Gasteiger partial charge in [-0.2, -0.15) is 5.10 Å². The number of rotatable bonds is 5. The number of carbonyl (C=O) groups excluding carboxylic acids is 1. The summed E-state index contributed by atoms with van der Waals surface area (Å²) in [5, 5.41) is 10.7. The zero-order valence-electron chi connectivity index (χ0n) is 15.7. The lowest BCUT2D eigenvalue weighted by atomic mass is 10.1. The molecule has 10 heteroatoms. The van der Waals surface area contributed by atoms with Gasteiger partial charge in [-0.1, -0.05) is 29.8 Å². The van der Waals surface area contributed by atoms with Gasteiger partial charge in [-0.15, -0.1) is 5.10 Å². The quantitative estimate of drug-likeness (QED) is 0.559. The third kappa shape index (κ3) is 3.82. The van der Waals surface area contributed by atoms with E-state index in [9.17, 15) is 13.6 Å². The van der Waals surface area contributed by atoms with Crippen molar-refractivity contribution >= 4 is 17.5 Å². The lowest BCUT2D eigenvalue weighted by Crippen LogP contribution is -2.14. The zero-order chi connectivity index (χ0) is 20.5. The number of carbonyl (C=O) groups is 1. The average molecular weight is 397 g/mol. The van der Waals surface area contributed by atoms with Crippen LogP contribution in [-0.2, 0) is 6.54 Å². The van der Waals surface area contributed by atoms with Gasteiger partial charge in [0.05, 0.1) is 12.7 Å². The Labute approximate surface area is 164 Å². The number of aromatic nitrogens is 6. The number of hydrogen-bond acceptors (Lipinski definition) is 5. The fraction of sp³-hybridized carbons (Fsp3) is 0.211. The maximum Gasteiger partial charge on any atom is 0.280 e. The molecule has 0 bridgehead atoms. The number of alkyl halides is 2. The molecule has 0 aliphatic heterocycles. The van der Waals surface area contributed by atoms with E-state index >= 15 is 0 Å². The van der Waals surface area contributed by atoms with Crippen molar-refractivity contribution in [1.29, 1.82) is 0 Å². The minimum Gasteiger partial charge on any atom is -0.289 e. The summed E-state index contributed by atoms with van der Waals surface area (Å²) in [6.45, 7) is 4.08. The molecule has 0 aliphatic carbocycles. The summed E-state index contributed by atoms with van der Waals surface area (Å²) < 4.78 is 29.0. The van der Waals surface area contributed by atoms with E-state index in [0.717, 1.165) is 15.6 Å². The molecule has 0 spiro atoms. The second-order valence-corrected chi connectivity index (χ2v) is 6.62. The molecule has 1 aromatic carbocycles. The van der Waals surface area contributed by atoms with E-state index < -0.39 is 12.3 Å². The van der Waals surface area contributed by atoms with E-state index in [0.29, 0.717) is 12.2 Å². The van der Waals surface area contributed by atoms with Crippen molar-refractivity contribution in [3.63, 3.8) is 0 Å². The van der Waals surface area contributed by atoms with Crippen LogP contribution in [0.3, 0.4) is 0 Å². The first-order valence-corrected chi connectivity index (χ1v) is 8.80. The zero-order valence-corrected chi connectivity index (χ0v) is 15.7. The molecule has 0 fully saturated rings. The van der Waals surface area contributed by atoms with Crippen LogP contribution >= 0.6 is 0 Å². The topological polar surface area (TPSA) is 90.0 Å². The van der Waals surface area contributed by atoms with Crippen molar-refractivity contribution in [3.8, 4) is 0 Å². The predicted molar refractivity (Wildman–Crippen MR) is 101 cm³/mol. The minimum atomic E-state index is -2.74. The van der Waals surface area contributed by atoms with Gasteiger partial charge >= 0.3 is 0 Å². The van der Waals surface area contributed by atoms with E-state index in [1.807, 2.05) is 31.2 Å². The first kappa shape index (κ1) is 18.7. The third-order valence-corrected chi connectivity index (χ3v) is 4.32. The Hall–Kier alpha value is -3.69. The second kappa shape index (κ2) is 7.38. The summed E-state index contributed by atoms with van der Waals surface area (Å²) >= 11 is 0. The predicted octanol–water partition coefficient (Wildman–Crippen LogP) is 3.18. The van der Waals surface area contributed by atoms with Crippen LogP contribution in [0.15, 0.2) is 42.9 Å². The Balaban J connectivity index is 1.54. The number of aryl methyl sites for hydroxylation is 2. The fourth-order valence-corrected chi connectivity index (χ4v) is 2.91. The number of nitrogens with zero attached hydrogens (tertiary/aromatic N) is 6. The third-order valence-electron chi connectivity index (χ3n) is 4.32. The smallest absolute Gasteiger partial charge is 0.280 e. The van der Waals surface area contributed by atoms with Crippen molar-refractivity contribution in [1.82, 2.24) is 29.4 Å². The second-order valence-electron chi connectivity index (χ2n) is 6.62. The molecule has 0 saturated carbocycles. The Morgan fingerprint density at radius 1 is 1.21 bits per heavy atom. The van der Waals surface area contributed by atoms with E-state index in [1.54, 1.807) is 11.6 Å². The molecule has 3 heterocycles. The highest BCUT2D eigenvalue weighted by molar-refractivity contribution is 6.07. The molecule has 0 saturated heterocycles. The number of amides is 1. The standard InChI is InChI=1S/C19H17F2N7O/c1-11-3-5-13(6-4-11)9-27-10-22-19(26-27)25-18(29)14-8-23-28-15(16(20)21)7-12(2)24-17(14)28/h3-8,10,16H,9H2,1-2H3,(H,25,26,29). The SMILES string of the molecule is Cc1ccc(Cn2cnc(NC(=O)c3cnn4c(C(F)F)cc(C)nc34)n2)cc1. The highest BCUT2D eigenvalue weighted by atomic mass is 19.3. The van der Waals surface area contributed by atoms with Crippen LogP contribution in [0, 0.1) is 13.8 Å². The Bertz CT molecular complexity index is 1180. The van der Waals surface area contributed by atoms with Crippen molar-refractivity contribution in [2.24, 2.45) is 0 Å². The number of nitrogens with one attached hydrogen (secondary N) is 1. The molecular weight excluding hydrogens is 380 g/mol. The van der Waals surface area contributed by atoms with Gasteiger partial charge in [-0.3, -0.25) is 10.1 Å². The van der Waals surface area contributed by atoms with Gasteiger partial charge in [-0.25, -0.2) is 27.9 Å². The normalized spacial score (nSPS) is 11.3. The number of anilines is 1. The molecule has 148 valence electrons. The van der Waals surface area contributed by atoms with E-state index in [4.69, 9.17) is 0 Å². The monoisotopic (exact) mass is 397 g/mol. The van der Waals surface area contributed by atoms with Gasteiger partial charge < -0.3 is 0 Å². The Morgan fingerprint density at radius 3 is 2.69 bits per heavy atom. The average Bonchev–Trinajstić information content (AvgIpc) is 3.29. The first-order valence-electron chi connectivity index (χ1n) is 8.80. The first-order chi connectivity index (χ1) is 13.9. The van der Waals surface area contributed by atoms with E-state index in [-0.39, 0.29) is 22.9 Å². The van der Waals surface area contributed by atoms with Crippen molar-refractivity contribution < 1.29 is 13.6 Å². The molecule has 4 aromatic rings. The van der Waals surface area contributed by atoms with E-state index in [2.05, 4.69) is 25.5 Å². The fourth-order valence-electron chi connectivity index (χ4n) is 2.91. The van der Waals surface area contributed by atoms with Crippen LogP contribution in [0.5, 0.6) is 0 Å². The minimum absolute atomic E-state index is 0.0527. The maximum absolute atomic E-state index is 13.2. The van der Waals surface area contributed by atoms with Crippen molar-refractivity contribution in [3.05, 3.63) is 70.9 Å². The Morgan fingerprint density at radius 2 is 1.97 bits per heavy atom. The number of benzene rings is 1. The molecule has 1 N–H and O–H groups in total. The maximum atomic E-state index is 13.2. The van der Waals surface area contributed by atoms with Crippen LogP contribution in [0.4, 0.5) is 14.7 Å². The summed E-state index contributed by atoms with van der Waals surface area (Å²) in [4.78, 5) is 20.9. The molecule has 8 nitrogen and oxygen atoms in total. The van der Waals surface area contributed by atoms with Crippen LogP contribution in [0.1, 0.15) is 39.3 Å². The van der Waals surface area contributed by atoms with Gasteiger partial charge in [0.1, 0.15) is 17.6 Å². The highest BCUT2D eigenvalue weighted by Gasteiger charge is 2.21. The van der Waals surface area contributed by atoms with Crippen molar-refractivity contribution in [2.45, 2.75) is 26.8 Å². The Kier molecular flexibility index (Phi) is 4.75. The highest BCUT2D eigenvalue weighted by Crippen LogP contribution is 2.22. The molecule has 29 heavy (non-hydrogen) atoms. The van der Waals surface area contributed by atoms with Gasteiger partial charge in [-0.05, 0) is 25.5 Å². The van der Waals surface area contributed by atoms with Gasteiger partial charge in [0.25, 0.3) is 12.3 Å². The number of hydrogen-bond donors (Lipinski definition) is 1. The van der Waals surface area contributed by atoms with Gasteiger partial charge in [0, 0.05) is 5.69 Å². The summed E-state index contributed by atoms with van der Waals surface area (Å²) in [5.41, 5.74) is 2.35. The lowest BCUT2D eigenvalue weighted by Gasteiger charge is -2.05. The summed E-state index contributed by atoms with van der Waals surface area (Å²) in [6, 6.07) is 9.22.